The molecule has 0 saturated carbocycles. The molecule has 3 nitrogen and oxygen atoms in total. The molecule has 1 aromatic heterocycles. The van der Waals surface area contributed by atoms with E-state index in [2.05, 4.69) is 4.98 Å². The average Bonchev–Trinajstić information content (AvgIpc) is 2.30. The molecule has 2 rings (SSSR count). The first-order valence-electron chi connectivity index (χ1n) is 5.29. The molecule has 0 radical (unpaired) electrons. The summed E-state index contributed by atoms with van der Waals surface area (Å²) in [6, 6.07) is 6.65. The van der Waals surface area contributed by atoms with E-state index in [4.69, 9.17) is 39.9 Å². The Hall–Kier alpha value is -1.29. The Morgan fingerprint density at radius 2 is 1.79 bits per heavy atom. The van der Waals surface area contributed by atoms with Crippen molar-refractivity contribution in [1.82, 2.24) is 4.98 Å². The van der Waals surface area contributed by atoms with Gasteiger partial charge in [-0.3, -0.25) is 9.78 Å². The molecule has 0 spiro atoms. The van der Waals surface area contributed by atoms with Crippen LogP contribution in [0.1, 0.15) is 5.56 Å². The third kappa shape index (κ3) is 3.18. The number of carbonyl (C=O) groups is 1. The van der Waals surface area contributed by atoms with Gasteiger partial charge in [0.1, 0.15) is 0 Å². The van der Waals surface area contributed by atoms with E-state index in [0.29, 0.717) is 31.9 Å². The highest BCUT2D eigenvalue weighted by atomic mass is 35.5. The normalized spacial score (nSPS) is 10.5. The molecule has 0 atom stereocenters. The Labute approximate surface area is 124 Å². The third-order valence-electron chi connectivity index (χ3n) is 2.45. The fourth-order valence-corrected chi connectivity index (χ4v) is 2.52. The first-order chi connectivity index (χ1) is 8.99. The van der Waals surface area contributed by atoms with Gasteiger partial charge < -0.3 is 5.11 Å². The second-order valence-corrected chi connectivity index (χ2v) is 5.06. The van der Waals surface area contributed by atoms with E-state index in [1.165, 1.54) is 6.20 Å². The van der Waals surface area contributed by atoms with Crippen LogP contribution in [0.25, 0.3) is 11.3 Å². The summed E-state index contributed by atoms with van der Waals surface area (Å²) in [5.41, 5.74) is 1.49. The maximum atomic E-state index is 10.6. The van der Waals surface area contributed by atoms with Gasteiger partial charge in [-0.05, 0) is 23.8 Å². The zero-order valence-corrected chi connectivity index (χ0v) is 11.8. The maximum absolute atomic E-state index is 10.6. The van der Waals surface area contributed by atoms with Crippen LogP contribution < -0.4 is 0 Å². The molecule has 0 aliphatic rings. The van der Waals surface area contributed by atoms with E-state index in [9.17, 15) is 4.79 Å². The summed E-state index contributed by atoms with van der Waals surface area (Å²) in [6.07, 6.45) is 1.32. The fraction of sp³-hybridized carbons (Fsp3) is 0.0769. The first kappa shape index (κ1) is 14.1. The largest absolute Gasteiger partial charge is 0.481 e. The maximum Gasteiger partial charge on any atom is 0.307 e. The SMILES string of the molecule is O=C(O)Cc1cnc(-c2c(Cl)cccc2Cl)c(Cl)c1. The van der Waals surface area contributed by atoms with Crippen molar-refractivity contribution in [2.24, 2.45) is 0 Å². The van der Waals surface area contributed by atoms with Gasteiger partial charge in [0.05, 0.1) is 27.2 Å². The predicted molar refractivity (Wildman–Crippen MR) is 76.0 cm³/mol. The average molecular weight is 317 g/mol. The van der Waals surface area contributed by atoms with Crippen LogP contribution in [0, 0.1) is 0 Å². The Kier molecular flexibility index (Phi) is 4.30. The number of hydrogen-bond acceptors (Lipinski definition) is 2. The second-order valence-electron chi connectivity index (χ2n) is 3.84. The molecule has 0 fully saturated rings. The second kappa shape index (κ2) is 5.78. The van der Waals surface area contributed by atoms with E-state index in [0.717, 1.165) is 0 Å². The molecule has 0 saturated heterocycles. The number of halogens is 3. The first-order valence-corrected chi connectivity index (χ1v) is 6.43. The van der Waals surface area contributed by atoms with Crippen molar-refractivity contribution < 1.29 is 9.90 Å². The van der Waals surface area contributed by atoms with Crippen molar-refractivity contribution >= 4 is 40.8 Å². The minimum absolute atomic E-state index is 0.136. The minimum Gasteiger partial charge on any atom is -0.481 e. The van der Waals surface area contributed by atoms with Crippen molar-refractivity contribution in [1.29, 1.82) is 0 Å². The highest BCUT2D eigenvalue weighted by Gasteiger charge is 2.14. The number of rotatable bonds is 3. The monoisotopic (exact) mass is 315 g/mol. The molecule has 1 N–H and O–H groups in total. The smallest absolute Gasteiger partial charge is 0.307 e. The van der Waals surface area contributed by atoms with Gasteiger partial charge in [-0.15, -0.1) is 0 Å². The molecule has 0 aliphatic carbocycles. The van der Waals surface area contributed by atoms with Crippen LogP contribution in [0.4, 0.5) is 0 Å². The van der Waals surface area contributed by atoms with E-state index >= 15 is 0 Å². The third-order valence-corrected chi connectivity index (χ3v) is 3.37. The molecule has 2 aromatic rings. The molecule has 0 amide bonds. The van der Waals surface area contributed by atoms with Crippen LogP contribution in [0.3, 0.4) is 0 Å². The van der Waals surface area contributed by atoms with Crippen LogP contribution in [0.2, 0.25) is 15.1 Å². The van der Waals surface area contributed by atoms with Gasteiger partial charge in [-0.1, -0.05) is 40.9 Å². The number of aliphatic carboxylic acids is 1. The molecule has 98 valence electrons. The Bertz CT molecular complexity index is 624. The number of hydrogen-bond donors (Lipinski definition) is 1. The molecule has 0 unspecified atom stereocenters. The van der Waals surface area contributed by atoms with Gasteiger partial charge in [0.25, 0.3) is 0 Å². The van der Waals surface area contributed by atoms with Crippen molar-refractivity contribution in [3.63, 3.8) is 0 Å². The molecule has 19 heavy (non-hydrogen) atoms. The van der Waals surface area contributed by atoms with E-state index in [-0.39, 0.29) is 6.42 Å². The van der Waals surface area contributed by atoms with Crippen LogP contribution in [-0.4, -0.2) is 16.1 Å². The van der Waals surface area contributed by atoms with Gasteiger partial charge in [-0.25, -0.2) is 0 Å². The molecule has 6 heteroatoms. The van der Waals surface area contributed by atoms with E-state index < -0.39 is 5.97 Å². The number of pyridine rings is 1. The molecule has 0 aliphatic heterocycles. The summed E-state index contributed by atoms with van der Waals surface area (Å²) in [4.78, 5) is 14.8. The minimum atomic E-state index is -0.943. The van der Waals surface area contributed by atoms with E-state index in [1.807, 2.05) is 0 Å². The molecule has 0 bridgehead atoms. The molecular weight excluding hydrogens is 309 g/mol. The number of nitrogens with zero attached hydrogens (tertiary/aromatic N) is 1. The van der Waals surface area contributed by atoms with Gasteiger partial charge in [0.15, 0.2) is 0 Å². The van der Waals surface area contributed by atoms with Crippen molar-refractivity contribution in [2.75, 3.05) is 0 Å². The lowest BCUT2D eigenvalue weighted by Gasteiger charge is -2.09. The summed E-state index contributed by atoms with van der Waals surface area (Å²) in [6.45, 7) is 0. The summed E-state index contributed by atoms with van der Waals surface area (Å²) in [7, 11) is 0. The molecule has 1 aromatic carbocycles. The number of carboxylic acids is 1. The van der Waals surface area contributed by atoms with Crippen LogP contribution >= 0.6 is 34.8 Å². The summed E-state index contributed by atoms with van der Waals surface area (Å²) in [5.74, 6) is -0.943. The lowest BCUT2D eigenvalue weighted by molar-refractivity contribution is -0.136. The lowest BCUT2D eigenvalue weighted by Crippen LogP contribution is -2.01. The van der Waals surface area contributed by atoms with Crippen molar-refractivity contribution in [3.8, 4) is 11.3 Å². The van der Waals surface area contributed by atoms with Gasteiger partial charge in [-0.2, -0.15) is 0 Å². The summed E-state index contributed by atoms with van der Waals surface area (Å²) in [5, 5.41) is 9.91. The predicted octanol–water partition coefficient (Wildman–Crippen LogP) is 4.34. The highest BCUT2D eigenvalue weighted by Crippen LogP contribution is 2.37. The van der Waals surface area contributed by atoms with Gasteiger partial charge in [0.2, 0.25) is 0 Å². The zero-order valence-electron chi connectivity index (χ0n) is 9.53. The van der Waals surface area contributed by atoms with Crippen LogP contribution in [0.5, 0.6) is 0 Å². The van der Waals surface area contributed by atoms with Gasteiger partial charge in [0, 0.05) is 11.8 Å². The van der Waals surface area contributed by atoms with Crippen LogP contribution in [0.15, 0.2) is 30.5 Å². The van der Waals surface area contributed by atoms with Crippen LogP contribution in [-0.2, 0) is 11.2 Å². The standard InChI is InChI=1S/C13H8Cl3NO2/c14-8-2-1-3-9(15)12(8)13-10(16)4-7(6-17-13)5-11(18)19/h1-4,6H,5H2,(H,18,19). The number of benzene rings is 1. The Morgan fingerprint density at radius 1 is 1.16 bits per heavy atom. The number of aromatic nitrogens is 1. The number of carboxylic acid groups (broad SMARTS) is 1. The summed E-state index contributed by atoms with van der Waals surface area (Å²) < 4.78 is 0. The lowest BCUT2D eigenvalue weighted by atomic mass is 10.1. The van der Waals surface area contributed by atoms with E-state index in [1.54, 1.807) is 24.3 Å². The fourth-order valence-electron chi connectivity index (χ4n) is 1.66. The Balaban J connectivity index is 2.49. The quantitative estimate of drug-likeness (QED) is 0.916. The summed E-state index contributed by atoms with van der Waals surface area (Å²) >= 11 is 18.3. The van der Waals surface area contributed by atoms with Crippen molar-refractivity contribution in [2.45, 2.75) is 6.42 Å². The molecular formula is C13H8Cl3NO2. The van der Waals surface area contributed by atoms with Crippen molar-refractivity contribution in [3.05, 3.63) is 51.1 Å². The zero-order chi connectivity index (χ0) is 14.0. The molecule has 1 heterocycles. The Morgan fingerprint density at radius 3 is 2.32 bits per heavy atom. The highest BCUT2D eigenvalue weighted by molar-refractivity contribution is 6.40. The van der Waals surface area contributed by atoms with Gasteiger partial charge >= 0.3 is 5.97 Å². The topological polar surface area (TPSA) is 50.2 Å².